The summed E-state index contributed by atoms with van der Waals surface area (Å²) in [4.78, 5) is 6.48. The van der Waals surface area contributed by atoms with E-state index in [1.807, 2.05) is 19.0 Å². The van der Waals surface area contributed by atoms with Gasteiger partial charge >= 0.3 is 0 Å². The quantitative estimate of drug-likeness (QED) is 0.771. The van der Waals surface area contributed by atoms with Gasteiger partial charge in [0.25, 0.3) is 0 Å². The van der Waals surface area contributed by atoms with Crippen LogP contribution in [0.2, 0.25) is 0 Å². The van der Waals surface area contributed by atoms with Gasteiger partial charge in [0.05, 0.1) is 6.04 Å². The van der Waals surface area contributed by atoms with Gasteiger partial charge in [0.1, 0.15) is 0 Å². The Labute approximate surface area is 110 Å². The highest BCUT2D eigenvalue weighted by Gasteiger charge is 2.20. The van der Waals surface area contributed by atoms with Gasteiger partial charge in [-0.1, -0.05) is 31.8 Å². The molecule has 0 fully saturated rings. The fourth-order valence-electron chi connectivity index (χ4n) is 1.99. The molecular weight excluding hydrogens is 228 g/mol. The normalized spacial score (nSPS) is 15.0. The molecule has 0 bridgehead atoms. The molecule has 1 rings (SSSR count). The fourth-order valence-corrected chi connectivity index (χ4v) is 1.99. The van der Waals surface area contributed by atoms with Gasteiger partial charge in [-0.25, -0.2) is 0 Å². The van der Waals surface area contributed by atoms with E-state index in [2.05, 4.69) is 24.0 Å². The van der Waals surface area contributed by atoms with Crippen molar-refractivity contribution in [2.45, 2.75) is 51.5 Å². The Morgan fingerprint density at radius 1 is 1.33 bits per heavy atom. The predicted octanol–water partition coefficient (Wildman–Crippen LogP) is 2.31. The average molecular weight is 254 g/mol. The van der Waals surface area contributed by atoms with Crippen LogP contribution >= 0.6 is 0 Å². The molecule has 2 atom stereocenters. The van der Waals surface area contributed by atoms with Crippen LogP contribution < -0.4 is 5.73 Å². The van der Waals surface area contributed by atoms with Crippen molar-refractivity contribution < 1.29 is 4.52 Å². The van der Waals surface area contributed by atoms with Gasteiger partial charge in [-0.2, -0.15) is 4.98 Å². The van der Waals surface area contributed by atoms with Crippen molar-refractivity contribution in [2.24, 2.45) is 5.73 Å². The first-order valence-corrected chi connectivity index (χ1v) is 6.82. The van der Waals surface area contributed by atoms with Gasteiger partial charge in [0.2, 0.25) is 5.89 Å². The first-order valence-electron chi connectivity index (χ1n) is 6.82. The van der Waals surface area contributed by atoms with Crippen LogP contribution in [0.4, 0.5) is 0 Å². The van der Waals surface area contributed by atoms with Crippen molar-refractivity contribution in [3.8, 4) is 0 Å². The molecule has 0 radical (unpaired) electrons. The van der Waals surface area contributed by atoms with E-state index in [9.17, 15) is 0 Å². The maximum atomic E-state index is 6.02. The highest BCUT2D eigenvalue weighted by Crippen LogP contribution is 2.24. The second-order valence-corrected chi connectivity index (χ2v) is 5.11. The summed E-state index contributed by atoms with van der Waals surface area (Å²) in [6.45, 7) is 5.08. The van der Waals surface area contributed by atoms with Crippen LogP contribution in [0, 0.1) is 0 Å². The molecule has 104 valence electrons. The largest absolute Gasteiger partial charge is 0.339 e. The number of likely N-dealkylation sites (N-methyl/N-ethyl adjacent to an activating group) is 1. The first kappa shape index (κ1) is 15.1. The Morgan fingerprint density at radius 3 is 2.61 bits per heavy atom. The van der Waals surface area contributed by atoms with Crippen LogP contribution in [0.15, 0.2) is 4.52 Å². The molecule has 2 N–H and O–H groups in total. The molecule has 1 aromatic rings. The first-order chi connectivity index (χ1) is 8.58. The molecule has 0 saturated carbocycles. The molecule has 0 aliphatic rings. The van der Waals surface area contributed by atoms with Gasteiger partial charge in [-0.05, 0) is 26.9 Å². The van der Waals surface area contributed by atoms with E-state index >= 15 is 0 Å². The van der Waals surface area contributed by atoms with Gasteiger partial charge in [0.15, 0.2) is 5.82 Å². The summed E-state index contributed by atoms with van der Waals surface area (Å²) in [5, 5.41) is 4.01. The molecule has 2 unspecified atom stereocenters. The molecule has 1 aromatic heterocycles. The van der Waals surface area contributed by atoms with Crippen molar-refractivity contribution in [1.82, 2.24) is 15.0 Å². The summed E-state index contributed by atoms with van der Waals surface area (Å²) in [6, 6.07) is -0.179. The molecular formula is C13H26N4O. The lowest BCUT2D eigenvalue weighted by Crippen LogP contribution is -2.26. The molecule has 0 amide bonds. The maximum Gasteiger partial charge on any atom is 0.229 e. The number of nitrogens with two attached hydrogens (primary N) is 1. The van der Waals surface area contributed by atoms with E-state index < -0.39 is 0 Å². The molecule has 5 nitrogen and oxygen atoms in total. The van der Waals surface area contributed by atoms with Crippen LogP contribution in [0.1, 0.15) is 63.2 Å². The molecule has 0 aliphatic carbocycles. The second kappa shape index (κ2) is 7.48. The minimum atomic E-state index is -0.179. The zero-order valence-electron chi connectivity index (χ0n) is 12.0. The van der Waals surface area contributed by atoms with E-state index in [0.717, 1.165) is 25.3 Å². The Balaban J connectivity index is 2.65. The third kappa shape index (κ3) is 4.38. The molecule has 18 heavy (non-hydrogen) atoms. The Morgan fingerprint density at radius 2 is 2.06 bits per heavy atom. The van der Waals surface area contributed by atoms with Crippen molar-refractivity contribution >= 4 is 0 Å². The third-order valence-corrected chi connectivity index (χ3v) is 3.10. The zero-order valence-corrected chi connectivity index (χ0v) is 12.0. The number of rotatable bonds is 8. The summed E-state index contributed by atoms with van der Waals surface area (Å²) in [5.74, 6) is 1.74. The van der Waals surface area contributed by atoms with Gasteiger partial charge in [0, 0.05) is 12.5 Å². The van der Waals surface area contributed by atoms with Crippen molar-refractivity contribution in [3.05, 3.63) is 11.7 Å². The molecule has 5 heteroatoms. The van der Waals surface area contributed by atoms with E-state index in [1.165, 1.54) is 12.8 Å². The Kier molecular flexibility index (Phi) is 6.29. The van der Waals surface area contributed by atoms with Gasteiger partial charge in [-0.3, -0.25) is 0 Å². The lowest BCUT2D eigenvalue weighted by molar-refractivity contribution is 0.327. The van der Waals surface area contributed by atoms with E-state index in [-0.39, 0.29) is 6.04 Å². The number of nitrogens with zero attached hydrogens (tertiary/aromatic N) is 3. The summed E-state index contributed by atoms with van der Waals surface area (Å²) in [5.41, 5.74) is 6.02. The van der Waals surface area contributed by atoms with Crippen LogP contribution in [0.25, 0.3) is 0 Å². The van der Waals surface area contributed by atoms with Gasteiger partial charge < -0.3 is 15.2 Å². The van der Waals surface area contributed by atoms with E-state index in [0.29, 0.717) is 11.7 Å². The number of aromatic nitrogens is 2. The summed E-state index contributed by atoms with van der Waals surface area (Å²) >= 11 is 0. The predicted molar refractivity (Wildman–Crippen MR) is 72.3 cm³/mol. The lowest BCUT2D eigenvalue weighted by Gasteiger charge is -2.13. The molecule has 0 saturated heterocycles. The molecule has 0 spiro atoms. The molecule has 0 aromatic carbocycles. The molecule has 1 heterocycles. The smallest absolute Gasteiger partial charge is 0.229 e. The summed E-state index contributed by atoms with van der Waals surface area (Å²) in [7, 11) is 3.97. The van der Waals surface area contributed by atoms with Crippen LogP contribution in [0.3, 0.4) is 0 Å². The Bertz CT molecular complexity index is 337. The number of hydrogen-bond acceptors (Lipinski definition) is 5. The SMILES string of the molecule is CCCCC(CC)c1nc(C(N)CN(C)C)no1. The van der Waals surface area contributed by atoms with Crippen LogP contribution in [0.5, 0.6) is 0 Å². The zero-order chi connectivity index (χ0) is 13.5. The molecule has 0 aliphatic heterocycles. The third-order valence-electron chi connectivity index (χ3n) is 3.10. The standard InChI is InChI=1S/C13H26N4O/c1-5-7-8-10(6-2)13-15-12(16-18-13)11(14)9-17(3)4/h10-11H,5-9,14H2,1-4H3. The summed E-state index contributed by atoms with van der Waals surface area (Å²) in [6.07, 6.45) is 4.53. The van der Waals surface area contributed by atoms with E-state index in [4.69, 9.17) is 10.3 Å². The topological polar surface area (TPSA) is 68.2 Å². The minimum absolute atomic E-state index is 0.179. The van der Waals surface area contributed by atoms with Crippen molar-refractivity contribution in [1.29, 1.82) is 0 Å². The van der Waals surface area contributed by atoms with E-state index in [1.54, 1.807) is 0 Å². The Hall–Kier alpha value is -0.940. The van der Waals surface area contributed by atoms with Crippen LogP contribution in [-0.2, 0) is 0 Å². The average Bonchev–Trinajstić information content (AvgIpc) is 2.79. The number of hydrogen-bond donors (Lipinski definition) is 1. The van der Waals surface area contributed by atoms with Gasteiger partial charge in [-0.15, -0.1) is 0 Å². The lowest BCUT2D eigenvalue weighted by atomic mass is 9.99. The second-order valence-electron chi connectivity index (χ2n) is 5.11. The van der Waals surface area contributed by atoms with Crippen molar-refractivity contribution in [3.63, 3.8) is 0 Å². The maximum absolute atomic E-state index is 6.02. The van der Waals surface area contributed by atoms with Crippen molar-refractivity contribution in [2.75, 3.05) is 20.6 Å². The minimum Gasteiger partial charge on any atom is -0.339 e. The summed E-state index contributed by atoms with van der Waals surface area (Å²) < 4.78 is 5.36. The fraction of sp³-hybridized carbons (Fsp3) is 0.846. The highest BCUT2D eigenvalue weighted by molar-refractivity contribution is 4.98. The highest BCUT2D eigenvalue weighted by atomic mass is 16.5. The number of unbranched alkanes of at least 4 members (excludes halogenated alkanes) is 1. The van der Waals surface area contributed by atoms with Crippen LogP contribution in [-0.4, -0.2) is 35.7 Å². The monoisotopic (exact) mass is 254 g/mol.